The van der Waals surface area contributed by atoms with E-state index in [9.17, 15) is 0 Å². The lowest BCUT2D eigenvalue weighted by atomic mass is 10.0. The number of benzene rings is 3. The van der Waals surface area contributed by atoms with E-state index in [-0.39, 0.29) is 0 Å². The minimum Gasteiger partial charge on any atom is -0.0830 e. The van der Waals surface area contributed by atoms with Gasteiger partial charge in [0.2, 0.25) is 0 Å². The molecule has 1 heteroatoms. The van der Waals surface area contributed by atoms with Crippen LogP contribution in [-0.2, 0) is 12.8 Å². The molecule has 0 nitrogen and oxygen atoms in total. The van der Waals surface area contributed by atoms with Crippen molar-refractivity contribution in [1.82, 2.24) is 0 Å². The molecule has 3 aromatic rings. The summed E-state index contributed by atoms with van der Waals surface area (Å²) < 4.78 is 0. The molecule has 0 aliphatic carbocycles. The van der Waals surface area contributed by atoms with E-state index in [1.54, 1.807) is 0 Å². The molecule has 0 atom stereocenters. The summed E-state index contributed by atoms with van der Waals surface area (Å²) in [7, 11) is 0. The number of rotatable bonds is 6. The van der Waals surface area contributed by atoms with Crippen LogP contribution in [-0.4, -0.2) is 0 Å². The molecule has 3 aromatic carbocycles. The highest BCUT2D eigenvalue weighted by atomic mass is 35.5. The van der Waals surface area contributed by atoms with E-state index in [0.717, 1.165) is 29.5 Å². The molecule has 0 aliphatic rings. The molecule has 0 saturated heterocycles. The fraction of sp³-hybridized carbons (Fsp3) is 0.259. The first-order valence-electron chi connectivity index (χ1n) is 10.2. The summed E-state index contributed by atoms with van der Waals surface area (Å²) in [6.07, 6.45) is 5.87. The maximum Gasteiger partial charge on any atom is 0.0568 e. The smallest absolute Gasteiger partial charge is 0.0568 e. The van der Waals surface area contributed by atoms with Crippen molar-refractivity contribution in [3.8, 4) is 23.0 Å². The van der Waals surface area contributed by atoms with Crippen LogP contribution < -0.4 is 0 Å². The van der Waals surface area contributed by atoms with Crippen LogP contribution in [0.25, 0.3) is 11.1 Å². The van der Waals surface area contributed by atoms with Gasteiger partial charge in [-0.3, -0.25) is 0 Å². The Kier molecular flexibility index (Phi) is 7.35. The van der Waals surface area contributed by atoms with Crippen LogP contribution in [0.1, 0.15) is 55.4 Å². The Morgan fingerprint density at radius 2 is 1.32 bits per heavy atom. The van der Waals surface area contributed by atoms with E-state index < -0.39 is 0 Å². The second kappa shape index (κ2) is 10.2. The Hall–Kier alpha value is -2.49. The van der Waals surface area contributed by atoms with Gasteiger partial charge in [-0.15, -0.1) is 0 Å². The van der Waals surface area contributed by atoms with E-state index in [2.05, 4.69) is 80.3 Å². The van der Waals surface area contributed by atoms with Crippen LogP contribution in [0.4, 0.5) is 0 Å². The normalized spacial score (nSPS) is 10.4. The molecule has 0 unspecified atom stereocenters. The Labute approximate surface area is 174 Å². The van der Waals surface area contributed by atoms with Crippen molar-refractivity contribution in [2.75, 3.05) is 0 Å². The Bertz CT molecular complexity index is 954. The van der Waals surface area contributed by atoms with Crippen LogP contribution in [0.15, 0.2) is 66.7 Å². The second-order valence-electron chi connectivity index (χ2n) is 7.19. The summed E-state index contributed by atoms with van der Waals surface area (Å²) in [5.74, 6) is 6.45. The average Bonchev–Trinajstić information content (AvgIpc) is 2.73. The van der Waals surface area contributed by atoms with E-state index in [1.165, 1.54) is 36.0 Å². The first-order chi connectivity index (χ1) is 13.7. The lowest BCUT2D eigenvalue weighted by molar-refractivity contribution is 0.795. The van der Waals surface area contributed by atoms with Gasteiger partial charge in [0, 0.05) is 11.1 Å². The highest BCUT2D eigenvalue weighted by molar-refractivity contribution is 6.32. The molecule has 0 radical (unpaired) electrons. The number of halogens is 1. The SMILES string of the molecule is CCCCc1ccc(C#Cc2ccc(-c3ccc(CCC)cc3)cc2Cl)cc1. The highest BCUT2D eigenvalue weighted by Gasteiger charge is 2.03. The van der Waals surface area contributed by atoms with Crippen molar-refractivity contribution in [1.29, 1.82) is 0 Å². The zero-order chi connectivity index (χ0) is 19.8. The van der Waals surface area contributed by atoms with Crippen LogP contribution in [0.2, 0.25) is 5.02 Å². The maximum atomic E-state index is 6.51. The Balaban J connectivity index is 1.73. The fourth-order valence-corrected chi connectivity index (χ4v) is 3.45. The monoisotopic (exact) mass is 386 g/mol. The summed E-state index contributed by atoms with van der Waals surface area (Å²) in [5.41, 5.74) is 6.94. The molecule has 0 amide bonds. The fourth-order valence-electron chi connectivity index (χ4n) is 3.22. The first kappa shape index (κ1) is 20.2. The zero-order valence-corrected chi connectivity index (χ0v) is 17.5. The van der Waals surface area contributed by atoms with Gasteiger partial charge in [0.25, 0.3) is 0 Å². The van der Waals surface area contributed by atoms with E-state index in [4.69, 9.17) is 11.6 Å². The predicted molar refractivity (Wildman–Crippen MR) is 122 cm³/mol. The minimum atomic E-state index is 0.696. The molecule has 0 heterocycles. The lowest BCUT2D eigenvalue weighted by Crippen LogP contribution is -1.86. The van der Waals surface area contributed by atoms with Crippen LogP contribution in [0.5, 0.6) is 0 Å². The number of hydrogen-bond acceptors (Lipinski definition) is 0. The van der Waals surface area contributed by atoms with Gasteiger partial charge in [0.15, 0.2) is 0 Å². The van der Waals surface area contributed by atoms with Crippen molar-refractivity contribution in [3.63, 3.8) is 0 Å². The summed E-state index contributed by atoms with van der Waals surface area (Å²) in [4.78, 5) is 0. The molecule has 28 heavy (non-hydrogen) atoms. The van der Waals surface area contributed by atoms with Crippen molar-refractivity contribution in [2.24, 2.45) is 0 Å². The van der Waals surface area contributed by atoms with Crippen LogP contribution in [0.3, 0.4) is 0 Å². The summed E-state index contributed by atoms with van der Waals surface area (Å²) in [6, 6.07) is 23.4. The summed E-state index contributed by atoms with van der Waals surface area (Å²) in [6.45, 7) is 4.42. The molecule has 0 bridgehead atoms. The lowest BCUT2D eigenvalue weighted by Gasteiger charge is -2.05. The third kappa shape index (κ3) is 5.51. The average molecular weight is 387 g/mol. The highest BCUT2D eigenvalue weighted by Crippen LogP contribution is 2.26. The van der Waals surface area contributed by atoms with Gasteiger partial charge in [-0.25, -0.2) is 0 Å². The van der Waals surface area contributed by atoms with Gasteiger partial charge >= 0.3 is 0 Å². The standard InChI is InChI=1S/C27H27Cl/c1-3-5-7-22-8-10-23(11-9-22)14-17-25-18-19-26(20-27(25)28)24-15-12-21(6-4-2)13-16-24/h8-13,15-16,18-20H,3-7H2,1-2H3. The van der Waals surface area contributed by atoms with E-state index >= 15 is 0 Å². The Morgan fingerprint density at radius 3 is 1.96 bits per heavy atom. The van der Waals surface area contributed by atoms with E-state index in [1.807, 2.05) is 12.1 Å². The molecule has 0 fully saturated rings. The molecule has 0 N–H and O–H groups in total. The van der Waals surface area contributed by atoms with Crippen molar-refractivity contribution < 1.29 is 0 Å². The van der Waals surface area contributed by atoms with Gasteiger partial charge in [-0.1, -0.05) is 92.6 Å². The van der Waals surface area contributed by atoms with Crippen LogP contribution >= 0.6 is 11.6 Å². The van der Waals surface area contributed by atoms with Gasteiger partial charge in [-0.05, 0) is 65.8 Å². The molecule has 0 aliphatic heterocycles. The topological polar surface area (TPSA) is 0 Å². The second-order valence-corrected chi connectivity index (χ2v) is 7.60. The van der Waals surface area contributed by atoms with Gasteiger partial charge < -0.3 is 0 Å². The molecular formula is C27H27Cl. The zero-order valence-electron chi connectivity index (χ0n) is 16.8. The molecule has 0 aromatic heterocycles. The summed E-state index contributed by atoms with van der Waals surface area (Å²) in [5, 5.41) is 0.696. The third-order valence-electron chi connectivity index (χ3n) is 4.91. The van der Waals surface area contributed by atoms with Crippen LogP contribution in [0, 0.1) is 11.8 Å². The minimum absolute atomic E-state index is 0.696. The predicted octanol–water partition coefficient (Wildman–Crippen LogP) is 7.70. The summed E-state index contributed by atoms with van der Waals surface area (Å²) >= 11 is 6.51. The number of aryl methyl sites for hydroxylation is 2. The third-order valence-corrected chi connectivity index (χ3v) is 5.22. The van der Waals surface area contributed by atoms with Crippen molar-refractivity contribution in [3.05, 3.63) is 94.0 Å². The van der Waals surface area contributed by atoms with E-state index in [0.29, 0.717) is 5.02 Å². The van der Waals surface area contributed by atoms with Crippen molar-refractivity contribution in [2.45, 2.75) is 46.0 Å². The Morgan fingerprint density at radius 1 is 0.679 bits per heavy atom. The molecular weight excluding hydrogens is 360 g/mol. The first-order valence-corrected chi connectivity index (χ1v) is 10.6. The van der Waals surface area contributed by atoms with Gasteiger partial charge in [0.05, 0.1) is 5.02 Å². The van der Waals surface area contributed by atoms with Crippen molar-refractivity contribution >= 4 is 11.6 Å². The van der Waals surface area contributed by atoms with Gasteiger partial charge in [-0.2, -0.15) is 0 Å². The number of unbranched alkanes of at least 4 members (excludes halogenated alkanes) is 1. The van der Waals surface area contributed by atoms with Gasteiger partial charge in [0.1, 0.15) is 0 Å². The molecule has 0 spiro atoms. The quantitative estimate of drug-likeness (QED) is 0.380. The molecule has 142 valence electrons. The largest absolute Gasteiger partial charge is 0.0830 e. The maximum absolute atomic E-state index is 6.51. The molecule has 0 saturated carbocycles. The number of hydrogen-bond donors (Lipinski definition) is 0. The molecule has 3 rings (SSSR count).